The van der Waals surface area contributed by atoms with E-state index < -0.39 is 0 Å². The molecule has 6 rings (SSSR count). The van der Waals surface area contributed by atoms with Crippen molar-refractivity contribution in [1.29, 1.82) is 0 Å². The Balaban J connectivity index is 1.50. The molecule has 1 aliphatic heterocycles. The van der Waals surface area contributed by atoms with Gasteiger partial charge < -0.3 is 4.90 Å². The van der Waals surface area contributed by atoms with Gasteiger partial charge in [0.05, 0.1) is 10.3 Å². The molecule has 4 saturated carbocycles. The molecule has 0 spiro atoms. The molecule has 5 fully saturated rings. The number of rotatable bonds is 3. The average molecular weight is 354 g/mol. The topological polar surface area (TPSA) is 63.5 Å². The molecule has 4 bridgehead atoms. The average Bonchev–Trinajstić information content (AvgIpc) is 3.14. The molecule has 1 amide bonds. The largest absolute Gasteiger partial charge is 0.342 e. The van der Waals surface area contributed by atoms with Gasteiger partial charge in [0.25, 0.3) is 5.69 Å². The Morgan fingerprint density at radius 1 is 1.04 bits per heavy atom. The fourth-order valence-electron chi connectivity index (χ4n) is 7.04. The van der Waals surface area contributed by atoms with Crippen LogP contribution in [0.5, 0.6) is 0 Å². The highest BCUT2D eigenvalue weighted by atomic mass is 16.6. The van der Waals surface area contributed by atoms with Crippen LogP contribution in [0.4, 0.5) is 5.69 Å². The number of carbonyl (C=O) groups is 1. The van der Waals surface area contributed by atoms with Crippen molar-refractivity contribution in [3.8, 4) is 0 Å². The Hall–Kier alpha value is -1.91. The summed E-state index contributed by atoms with van der Waals surface area (Å²) >= 11 is 0. The molecule has 1 aromatic rings. The van der Waals surface area contributed by atoms with Gasteiger partial charge in [-0.25, -0.2) is 0 Å². The molecule has 0 aromatic heterocycles. The maximum absolute atomic E-state index is 13.5. The number of benzene rings is 1. The van der Waals surface area contributed by atoms with Gasteiger partial charge in [0.1, 0.15) is 0 Å². The SMILES string of the molecule is O=C(N1CCCC1)C12C[C@H]3C[C@@H](C1)CC(c1ccc([N+](=O)[O-])cc1)(C3)C2. The van der Waals surface area contributed by atoms with Crippen molar-refractivity contribution in [2.45, 2.75) is 56.8 Å². The standard InChI is InChI=1S/C21H26N2O3/c24-19(22-7-1-2-8-22)21-12-15-9-16(13-21)11-20(10-15,14-21)17-3-5-18(6-4-17)23(25)26/h3-6,15-16H,1-2,7-14H2/t15-,16+,20?,21?. The van der Waals surface area contributed by atoms with Crippen molar-refractivity contribution < 1.29 is 9.72 Å². The van der Waals surface area contributed by atoms with Crippen LogP contribution in [-0.4, -0.2) is 28.8 Å². The molecule has 0 N–H and O–H groups in total. The first-order valence-corrected chi connectivity index (χ1v) is 10.0. The molecule has 4 atom stereocenters. The lowest BCUT2D eigenvalue weighted by atomic mass is 9.42. The van der Waals surface area contributed by atoms with Crippen molar-refractivity contribution in [2.24, 2.45) is 17.3 Å². The number of hydrogen-bond donors (Lipinski definition) is 0. The third kappa shape index (κ3) is 2.32. The minimum atomic E-state index is -0.331. The lowest BCUT2D eigenvalue weighted by Crippen LogP contribution is -2.59. The van der Waals surface area contributed by atoms with Crippen LogP contribution in [0.15, 0.2) is 24.3 Å². The molecular formula is C21H26N2O3. The zero-order chi connectivity index (χ0) is 17.9. The van der Waals surface area contributed by atoms with E-state index in [0.29, 0.717) is 17.7 Å². The molecule has 5 aliphatic rings. The Morgan fingerprint density at radius 3 is 2.23 bits per heavy atom. The van der Waals surface area contributed by atoms with Crippen molar-refractivity contribution in [2.75, 3.05) is 13.1 Å². The number of nitro groups is 1. The molecule has 4 aliphatic carbocycles. The minimum Gasteiger partial charge on any atom is -0.342 e. The highest BCUT2D eigenvalue weighted by molar-refractivity contribution is 5.84. The van der Waals surface area contributed by atoms with Crippen LogP contribution in [0, 0.1) is 27.4 Å². The molecule has 0 radical (unpaired) electrons. The highest BCUT2D eigenvalue weighted by Crippen LogP contribution is 2.66. The van der Waals surface area contributed by atoms with Crippen molar-refractivity contribution in [3.63, 3.8) is 0 Å². The van der Waals surface area contributed by atoms with Crippen LogP contribution in [-0.2, 0) is 10.2 Å². The number of amides is 1. The van der Waals surface area contributed by atoms with E-state index in [-0.39, 0.29) is 21.4 Å². The maximum atomic E-state index is 13.5. The van der Waals surface area contributed by atoms with E-state index in [9.17, 15) is 14.9 Å². The predicted molar refractivity (Wildman–Crippen MR) is 97.7 cm³/mol. The second-order valence-corrected chi connectivity index (χ2v) is 9.32. The smallest absolute Gasteiger partial charge is 0.269 e. The summed E-state index contributed by atoms with van der Waals surface area (Å²) in [5, 5.41) is 11.0. The van der Waals surface area contributed by atoms with Gasteiger partial charge in [0, 0.05) is 25.2 Å². The van der Waals surface area contributed by atoms with E-state index in [0.717, 1.165) is 58.0 Å². The predicted octanol–water partition coefficient (Wildman–Crippen LogP) is 4.06. The quantitative estimate of drug-likeness (QED) is 0.607. The monoisotopic (exact) mass is 354 g/mol. The molecular weight excluding hydrogens is 328 g/mol. The summed E-state index contributed by atoms with van der Waals surface area (Å²) in [4.78, 5) is 26.2. The van der Waals surface area contributed by atoms with E-state index in [1.54, 1.807) is 12.1 Å². The van der Waals surface area contributed by atoms with Gasteiger partial charge in [0.2, 0.25) is 5.91 Å². The Kier molecular flexibility index (Phi) is 3.47. The van der Waals surface area contributed by atoms with Gasteiger partial charge in [-0.05, 0) is 74.2 Å². The van der Waals surface area contributed by atoms with Crippen molar-refractivity contribution in [1.82, 2.24) is 4.90 Å². The second-order valence-electron chi connectivity index (χ2n) is 9.32. The van der Waals surface area contributed by atoms with Crippen molar-refractivity contribution in [3.05, 3.63) is 39.9 Å². The van der Waals surface area contributed by atoms with E-state index in [4.69, 9.17) is 0 Å². The fourth-order valence-corrected chi connectivity index (χ4v) is 7.04. The zero-order valence-electron chi connectivity index (χ0n) is 15.2. The van der Waals surface area contributed by atoms with Crippen LogP contribution in [0.2, 0.25) is 0 Å². The summed E-state index contributed by atoms with van der Waals surface area (Å²) in [5.41, 5.74) is 1.25. The molecule has 5 nitrogen and oxygen atoms in total. The lowest BCUT2D eigenvalue weighted by molar-refractivity contribution is -0.384. The number of carbonyl (C=O) groups excluding carboxylic acids is 1. The first-order valence-electron chi connectivity index (χ1n) is 10.0. The molecule has 138 valence electrons. The first-order chi connectivity index (χ1) is 12.5. The third-order valence-electron chi connectivity index (χ3n) is 7.60. The Bertz CT molecular complexity index is 737. The molecule has 5 heteroatoms. The Labute approximate surface area is 153 Å². The van der Waals surface area contributed by atoms with Gasteiger partial charge in [-0.1, -0.05) is 12.1 Å². The Morgan fingerprint density at radius 2 is 1.65 bits per heavy atom. The number of nitro benzene ring substituents is 1. The van der Waals surface area contributed by atoms with Gasteiger partial charge in [-0.2, -0.15) is 0 Å². The van der Waals surface area contributed by atoms with Crippen molar-refractivity contribution >= 4 is 11.6 Å². The molecule has 26 heavy (non-hydrogen) atoms. The number of non-ortho nitro benzene ring substituents is 1. The van der Waals surface area contributed by atoms with Crippen LogP contribution in [0.25, 0.3) is 0 Å². The third-order valence-corrected chi connectivity index (χ3v) is 7.60. The minimum absolute atomic E-state index is 0.0502. The maximum Gasteiger partial charge on any atom is 0.269 e. The van der Waals surface area contributed by atoms with E-state index in [2.05, 4.69) is 4.90 Å². The van der Waals surface area contributed by atoms with Gasteiger partial charge in [-0.3, -0.25) is 14.9 Å². The zero-order valence-corrected chi connectivity index (χ0v) is 15.2. The number of likely N-dealkylation sites (tertiary alicyclic amines) is 1. The molecule has 1 heterocycles. The number of hydrogen-bond acceptors (Lipinski definition) is 3. The molecule has 1 saturated heterocycles. The molecule has 2 unspecified atom stereocenters. The van der Waals surface area contributed by atoms with Crippen LogP contribution >= 0.6 is 0 Å². The van der Waals surface area contributed by atoms with E-state index in [1.807, 2.05) is 12.1 Å². The molecule has 1 aromatic carbocycles. The van der Waals surface area contributed by atoms with Gasteiger partial charge >= 0.3 is 0 Å². The normalized spacial score (nSPS) is 37.9. The van der Waals surface area contributed by atoms with E-state index >= 15 is 0 Å². The first kappa shape index (κ1) is 16.3. The fraction of sp³-hybridized carbons (Fsp3) is 0.667. The summed E-state index contributed by atoms with van der Waals surface area (Å²) in [5.74, 6) is 1.69. The lowest BCUT2D eigenvalue weighted by Gasteiger charge is -2.62. The summed E-state index contributed by atoms with van der Waals surface area (Å²) in [6, 6.07) is 7.20. The summed E-state index contributed by atoms with van der Waals surface area (Å²) < 4.78 is 0. The highest BCUT2D eigenvalue weighted by Gasteiger charge is 2.61. The van der Waals surface area contributed by atoms with E-state index in [1.165, 1.54) is 12.0 Å². The van der Waals surface area contributed by atoms with Crippen LogP contribution in [0.3, 0.4) is 0 Å². The van der Waals surface area contributed by atoms with Gasteiger partial charge in [-0.15, -0.1) is 0 Å². The second kappa shape index (κ2) is 5.54. The van der Waals surface area contributed by atoms with Crippen LogP contribution in [0.1, 0.15) is 56.9 Å². The number of nitrogens with zero attached hydrogens (tertiary/aromatic N) is 2. The summed E-state index contributed by atoms with van der Waals surface area (Å²) in [6.07, 6.45) is 8.92. The van der Waals surface area contributed by atoms with Crippen LogP contribution < -0.4 is 0 Å². The van der Waals surface area contributed by atoms with Gasteiger partial charge in [0.15, 0.2) is 0 Å². The summed E-state index contributed by atoms with van der Waals surface area (Å²) in [6.45, 7) is 1.86. The summed E-state index contributed by atoms with van der Waals surface area (Å²) in [7, 11) is 0.